The minimum Gasteiger partial charge on any atom is -0.391 e. The Bertz CT molecular complexity index is 411. The molecule has 1 aromatic carbocycles. The molecule has 0 saturated heterocycles. The fourth-order valence-electron chi connectivity index (χ4n) is 2.36. The fraction of sp³-hybridized carbons (Fsp3) is 0.500. The van der Waals surface area contributed by atoms with Crippen LogP contribution in [-0.2, 0) is 0 Å². The third-order valence-electron chi connectivity index (χ3n) is 3.37. The molecule has 17 heavy (non-hydrogen) atoms. The van der Waals surface area contributed by atoms with Gasteiger partial charge in [-0.05, 0) is 25.0 Å². The van der Waals surface area contributed by atoms with E-state index in [2.05, 4.69) is 11.4 Å². The number of nitrogens with one attached hydrogen (secondary N) is 1. The molecular weight excluding hydrogens is 212 g/mol. The summed E-state index contributed by atoms with van der Waals surface area (Å²) in [5.41, 5.74) is 1.48. The Morgan fingerprint density at radius 1 is 1.18 bits per heavy atom. The highest BCUT2D eigenvalue weighted by Crippen LogP contribution is 2.23. The quantitative estimate of drug-likeness (QED) is 0.768. The summed E-state index contributed by atoms with van der Waals surface area (Å²) in [6.45, 7) is 0. The van der Waals surface area contributed by atoms with Gasteiger partial charge in [-0.3, -0.25) is 0 Å². The van der Waals surface area contributed by atoms with Crippen LogP contribution in [0.15, 0.2) is 24.3 Å². The van der Waals surface area contributed by atoms with Gasteiger partial charge in [0.1, 0.15) is 6.07 Å². The molecule has 90 valence electrons. The third kappa shape index (κ3) is 2.98. The molecule has 0 aliphatic heterocycles. The highest BCUT2D eigenvalue weighted by atomic mass is 16.3. The maximum atomic E-state index is 10.0. The Kier molecular flexibility index (Phi) is 4.00. The van der Waals surface area contributed by atoms with Crippen molar-refractivity contribution in [2.75, 3.05) is 5.32 Å². The number of hydrogen-bond donors (Lipinski definition) is 2. The zero-order valence-corrected chi connectivity index (χ0v) is 9.89. The van der Waals surface area contributed by atoms with E-state index in [1.165, 1.54) is 6.42 Å². The van der Waals surface area contributed by atoms with Gasteiger partial charge in [0.2, 0.25) is 0 Å². The average molecular weight is 230 g/mol. The second-order valence-electron chi connectivity index (χ2n) is 4.61. The zero-order valence-electron chi connectivity index (χ0n) is 9.89. The van der Waals surface area contributed by atoms with Crippen LogP contribution in [0.2, 0.25) is 0 Å². The summed E-state index contributed by atoms with van der Waals surface area (Å²) < 4.78 is 0. The Hall–Kier alpha value is -1.53. The normalized spacial score (nSPS) is 24.7. The van der Waals surface area contributed by atoms with Crippen LogP contribution in [0.4, 0.5) is 5.69 Å². The highest BCUT2D eigenvalue weighted by Gasteiger charge is 2.21. The van der Waals surface area contributed by atoms with Crippen LogP contribution in [0.3, 0.4) is 0 Å². The van der Waals surface area contributed by atoms with Crippen LogP contribution in [0.5, 0.6) is 0 Å². The molecule has 1 fully saturated rings. The van der Waals surface area contributed by atoms with E-state index in [4.69, 9.17) is 5.26 Å². The van der Waals surface area contributed by atoms with Gasteiger partial charge in [-0.15, -0.1) is 0 Å². The van der Waals surface area contributed by atoms with Gasteiger partial charge in [-0.1, -0.05) is 31.4 Å². The van der Waals surface area contributed by atoms with Gasteiger partial charge in [-0.25, -0.2) is 0 Å². The standard InChI is InChI=1S/C14H18N2O/c15-10-11-6-4-5-7-12(11)16-13-8-2-1-3-9-14(13)17/h4-7,13-14,16-17H,1-3,8-9H2. The number of rotatable bonds is 2. The number of aliphatic hydroxyl groups excluding tert-OH is 1. The van der Waals surface area contributed by atoms with Gasteiger partial charge in [0.05, 0.1) is 23.4 Å². The lowest BCUT2D eigenvalue weighted by Crippen LogP contribution is -2.32. The van der Waals surface area contributed by atoms with Crippen LogP contribution in [0, 0.1) is 11.3 Å². The van der Waals surface area contributed by atoms with E-state index < -0.39 is 0 Å². The monoisotopic (exact) mass is 230 g/mol. The average Bonchev–Trinajstić information content (AvgIpc) is 2.56. The predicted octanol–water partition coefficient (Wildman–Crippen LogP) is 2.66. The molecule has 0 amide bonds. The molecule has 2 rings (SSSR count). The molecule has 1 aliphatic rings. The zero-order chi connectivity index (χ0) is 12.1. The van der Waals surface area contributed by atoms with Crippen molar-refractivity contribution >= 4 is 5.69 Å². The number of benzene rings is 1. The van der Waals surface area contributed by atoms with Crippen molar-refractivity contribution in [1.82, 2.24) is 0 Å². The number of nitriles is 1. The second-order valence-corrected chi connectivity index (χ2v) is 4.61. The molecule has 2 N–H and O–H groups in total. The summed E-state index contributed by atoms with van der Waals surface area (Å²) in [5.74, 6) is 0. The van der Waals surface area contributed by atoms with E-state index in [0.717, 1.165) is 31.4 Å². The molecule has 2 unspecified atom stereocenters. The van der Waals surface area contributed by atoms with Gasteiger partial charge in [-0.2, -0.15) is 5.26 Å². The lowest BCUT2D eigenvalue weighted by Gasteiger charge is -2.23. The van der Waals surface area contributed by atoms with Crippen molar-refractivity contribution < 1.29 is 5.11 Å². The van der Waals surface area contributed by atoms with Gasteiger partial charge in [0.25, 0.3) is 0 Å². The minimum atomic E-state index is -0.302. The highest BCUT2D eigenvalue weighted by molar-refractivity contribution is 5.57. The molecular formula is C14H18N2O. The minimum absolute atomic E-state index is 0.0759. The summed E-state index contributed by atoms with van der Waals surface area (Å²) in [5, 5.41) is 22.4. The van der Waals surface area contributed by atoms with E-state index >= 15 is 0 Å². The van der Waals surface area contributed by atoms with Gasteiger partial charge >= 0.3 is 0 Å². The van der Waals surface area contributed by atoms with Crippen molar-refractivity contribution in [2.24, 2.45) is 0 Å². The van der Waals surface area contributed by atoms with Crippen molar-refractivity contribution in [1.29, 1.82) is 5.26 Å². The van der Waals surface area contributed by atoms with E-state index in [0.29, 0.717) is 5.56 Å². The number of para-hydroxylation sites is 1. The third-order valence-corrected chi connectivity index (χ3v) is 3.37. The first-order valence-electron chi connectivity index (χ1n) is 6.25. The van der Waals surface area contributed by atoms with Crippen LogP contribution < -0.4 is 5.32 Å². The maximum Gasteiger partial charge on any atom is 0.101 e. The number of nitrogens with zero attached hydrogens (tertiary/aromatic N) is 1. The summed E-state index contributed by atoms with van der Waals surface area (Å²) in [6.07, 6.45) is 4.95. The van der Waals surface area contributed by atoms with Crippen molar-refractivity contribution in [3.8, 4) is 6.07 Å². The molecule has 0 spiro atoms. The molecule has 1 saturated carbocycles. The fourth-order valence-corrected chi connectivity index (χ4v) is 2.36. The molecule has 2 atom stereocenters. The smallest absolute Gasteiger partial charge is 0.101 e. The lowest BCUT2D eigenvalue weighted by molar-refractivity contribution is 0.144. The van der Waals surface area contributed by atoms with Gasteiger partial charge < -0.3 is 10.4 Å². The molecule has 1 aliphatic carbocycles. The number of aliphatic hydroxyl groups is 1. The van der Waals surface area contributed by atoms with Crippen LogP contribution in [0.1, 0.15) is 37.7 Å². The van der Waals surface area contributed by atoms with Crippen LogP contribution >= 0.6 is 0 Å². The summed E-state index contributed by atoms with van der Waals surface area (Å²) in [4.78, 5) is 0. The van der Waals surface area contributed by atoms with Crippen LogP contribution in [-0.4, -0.2) is 17.3 Å². The van der Waals surface area contributed by atoms with Crippen molar-refractivity contribution in [3.63, 3.8) is 0 Å². The first-order valence-corrected chi connectivity index (χ1v) is 6.25. The molecule has 0 aromatic heterocycles. The van der Waals surface area contributed by atoms with Gasteiger partial charge in [0.15, 0.2) is 0 Å². The molecule has 0 radical (unpaired) electrons. The predicted molar refractivity (Wildman–Crippen MR) is 67.7 cm³/mol. The van der Waals surface area contributed by atoms with E-state index in [-0.39, 0.29) is 12.1 Å². The van der Waals surface area contributed by atoms with Crippen molar-refractivity contribution in [3.05, 3.63) is 29.8 Å². The summed E-state index contributed by atoms with van der Waals surface area (Å²) in [6, 6.07) is 9.71. The van der Waals surface area contributed by atoms with E-state index in [1.54, 1.807) is 6.07 Å². The Balaban J connectivity index is 2.11. The molecule has 1 aromatic rings. The Morgan fingerprint density at radius 3 is 2.76 bits per heavy atom. The van der Waals surface area contributed by atoms with E-state index in [1.807, 2.05) is 18.2 Å². The van der Waals surface area contributed by atoms with Crippen LogP contribution in [0.25, 0.3) is 0 Å². The molecule has 0 bridgehead atoms. The SMILES string of the molecule is N#Cc1ccccc1NC1CCCCCC1O. The molecule has 0 heterocycles. The Morgan fingerprint density at radius 2 is 1.94 bits per heavy atom. The second kappa shape index (κ2) is 5.70. The largest absolute Gasteiger partial charge is 0.391 e. The Labute approximate surface area is 102 Å². The first-order chi connectivity index (χ1) is 8.31. The lowest BCUT2D eigenvalue weighted by atomic mass is 10.0. The molecule has 3 heteroatoms. The number of hydrogen-bond acceptors (Lipinski definition) is 3. The van der Waals surface area contributed by atoms with E-state index in [9.17, 15) is 5.11 Å². The maximum absolute atomic E-state index is 10.0. The van der Waals surface area contributed by atoms with Gasteiger partial charge in [0, 0.05) is 0 Å². The number of anilines is 1. The summed E-state index contributed by atoms with van der Waals surface area (Å²) >= 11 is 0. The topological polar surface area (TPSA) is 56.0 Å². The first kappa shape index (κ1) is 11.9. The molecule has 3 nitrogen and oxygen atoms in total. The van der Waals surface area contributed by atoms with Crippen molar-refractivity contribution in [2.45, 2.75) is 44.2 Å². The summed E-state index contributed by atoms with van der Waals surface area (Å²) in [7, 11) is 0.